The number of primary amides is 1. The average molecular weight is 199 g/mol. The number of fused-ring (bicyclic) bond motifs is 1. The van der Waals surface area contributed by atoms with Crippen molar-refractivity contribution in [1.29, 1.82) is 0 Å². The Balaban J connectivity index is 2.27. The van der Waals surface area contributed by atoms with Gasteiger partial charge in [0.1, 0.15) is 17.1 Å². The van der Waals surface area contributed by atoms with E-state index in [4.69, 9.17) is 11.5 Å². The van der Waals surface area contributed by atoms with Crippen LogP contribution >= 0.6 is 11.8 Å². The Kier molecular flexibility index (Phi) is 1.81. The summed E-state index contributed by atoms with van der Waals surface area (Å²) < 4.78 is 0. The highest BCUT2D eigenvalue weighted by Crippen LogP contribution is 2.35. The molecule has 0 spiro atoms. The van der Waals surface area contributed by atoms with E-state index in [0.717, 1.165) is 0 Å². The maximum atomic E-state index is 11.2. The van der Waals surface area contributed by atoms with Crippen LogP contribution in [-0.4, -0.2) is 33.9 Å². The molecule has 0 aromatic heterocycles. The molecule has 0 aliphatic carbocycles. The van der Waals surface area contributed by atoms with Crippen LogP contribution in [-0.2, 0) is 9.59 Å². The van der Waals surface area contributed by atoms with Gasteiger partial charge >= 0.3 is 0 Å². The van der Waals surface area contributed by atoms with Crippen molar-refractivity contribution in [1.82, 2.24) is 4.90 Å². The maximum absolute atomic E-state index is 11.2. The summed E-state index contributed by atoms with van der Waals surface area (Å²) >= 11 is 1.54. The molecular formula is C7H9N3O2S. The molecule has 4 N–H and O–H groups in total. The Morgan fingerprint density at radius 1 is 1.69 bits per heavy atom. The van der Waals surface area contributed by atoms with Gasteiger partial charge in [-0.1, -0.05) is 0 Å². The molecule has 0 aromatic rings. The Bertz CT molecular complexity index is 315. The van der Waals surface area contributed by atoms with E-state index in [2.05, 4.69) is 0 Å². The van der Waals surface area contributed by atoms with Crippen LogP contribution in [0.4, 0.5) is 0 Å². The van der Waals surface area contributed by atoms with Crippen molar-refractivity contribution in [3.05, 3.63) is 11.8 Å². The smallest absolute Gasteiger partial charge is 0.265 e. The molecule has 2 aliphatic rings. The van der Waals surface area contributed by atoms with Crippen LogP contribution in [0, 0.1) is 0 Å². The van der Waals surface area contributed by atoms with E-state index < -0.39 is 11.9 Å². The first-order chi connectivity index (χ1) is 6.13. The van der Waals surface area contributed by atoms with Crippen molar-refractivity contribution in [3.8, 4) is 0 Å². The molecule has 0 aromatic carbocycles. The second kappa shape index (κ2) is 2.74. The summed E-state index contributed by atoms with van der Waals surface area (Å²) in [5.41, 5.74) is 10.9. The van der Waals surface area contributed by atoms with Crippen molar-refractivity contribution >= 4 is 23.6 Å². The van der Waals surface area contributed by atoms with Gasteiger partial charge in [-0.15, -0.1) is 11.8 Å². The van der Waals surface area contributed by atoms with Gasteiger partial charge in [0.05, 0.1) is 0 Å². The third-order valence-electron chi connectivity index (χ3n) is 2.14. The number of nitrogens with two attached hydrogens (primary N) is 2. The van der Waals surface area contributed by atoms with E-state index in [0.29, 0.717) is 5.75 Å². The van der Waals surface area contributed by atoms with Crippen LogP contribution in [0.5, 0.6) is 0 Å². The highest BCUT2D eigenvalue weighted by molar-refractivity contribution is 8.00. The van der Waals surface area contributed by atoms with Crippen LogP contribution in [0.3, 0.4) is 0 Å². The molecule has 1 fully saturated rings. The predicted molar refractivity (Wildman–Crippen MR) is 48.3 cm³/mol. The highest BCUT2D eigenvalue weighted by Gasteiger charge is 2.49. The highest BCUT2D eigenvalue weighted by atomic mass is 32.2. The maximum Gasteiger partial charge on any atom is 0.265 e. The zero-order valence-corrected chi connectivity index (χ0v) is 7.58. The van der Waals surface area contributed by atoms with Gasteiger partial charge in [0.15, 0.2) is 0 Å². The lowest BCUT2D eigenvalue weighted by molar-refractivity contribution is -0.143. The SMILES string of the molecule is NC(=O)C1=CCS[C@@H]2C(N)C(=O)N12. The number of amides is 2. The summed E-state index contributed by atoms with van der Waals surface area (Å²) in [6.07, 6.45) is 1.66. The molecule has 5 nitrogen and oxygen atoms in total. The van der Waals surface area contributed by atoms with Gasteiger partial charge in [0.2, 0.25) is 5.91 Å². The lowest BCUT2D eigenvalue weighted by atomic mass is 10.1. The van der Waals surface area contributed by atoms with Crippen LogP contribution in [0.2, 0.25) is 0 Å². The van der Waals surface area contributed by atoms with Gasteiger partial charge in [-0.3, -0.25) is 14.5 Å². The molecule has 2 aliphatic heterocycles. The van der Waals surface area contributed by atoms with E-state index in [9.17, 15) is 9.59 Å². The van der Waals surface area contributed by atoms with Gasteiger partial charge in [-0.05, 0) is 6.08 Å². The van der Waals surface area contributed by atoms with Crippen molar-refractivity contribution in [2.75, 3.05) is 5.75 Å². The number of nitrogens with zero attached hydrogens (tertiary/aromatic N) is 1. The zero-order valence-electron chi connectivity index (χ0n) is 6.77. The van der Waals surface area contributed by atoms with E-state index >= 15 is 0 Å². The molecule has 70 valence electrons. The van der Waals surface area contributed by atoms with Crippen molar-refractivity contribution in [3.63, 3.8) is 0 Å². The number of β-lactam (4-membered cyclic amide) rings is 1. The normalized spacial score (nSPS) is 31.9. The first kappa shape index (κ1) is 8.58. The second-order valence-electron chi connectivity index (χ2n) is 2.91. The van der Waals surface area contributed by atoms with Crippen LogP contribution in [0.1, 0.15) is 0 Å². The molecule has 13 heavy (non-hydrogen) atoms. The van der Waals surface area contributed by atoms with Crippen molar-refractivity contribution in [2.45, 2.75) is 11.4 Å². The minimum absolute atomic E-state index is 0.0972. The number of hydrogen-bond donors (Lipinski definition) is 2. The molecule has 2 heterocycles. The molecule has 2 rings (SSSR count). The third-order valence-corrected chi connectivity index (χ3v) is 3.34. The lowest BCUT2D eigenvalue weighted by Crippen LogP contribution is -2.68. The Morgan fingerprint density at radius 3 is 3.00 bits per heavy atom. The fraction of sp³-hybridized carbons (Fsp3) is 0.429. The first-order valence-corrected chi connectivity index (χ1v) is 4.88. The second-order valence-corrected chi connectivity index (χ2v) is 4.06. The molecule has 1 saturated heterocycles. The van der Waals surface area contributed by atoms with Gasteiger partial charge in [-0.25, -0.2) is 0 Å². The summed E-state index contributed by atoms with van der Waals surface area (Å²) in [6, 6.07) is -0.479. The number of rotatable bonds is 1. The van der Waals surface area contributed by atoms with E-state index in [1.807, 2.05) is 0 Å². The zero-order chi connectivity index (χ0) is 9.59. The van der Waals surface area contributed by atoms with E-state index in [-0.39, 0.29) is 17.0 Å². The number of carbonyl (C=O) groups is 2. The fourth-order valence-corrected chi connectivity index (χ4v) is 2.61. The molecule has 0 bridgehead atoms. The number of hydrogen-bond acceptors (Lipinski definition) is 4. The summed E-state index contributed by atoms with van der Waals surface area (Å²) in [4.78, 5) is 23.5. The largest absolute Gasteiger partial charge is 0.364 e. The van der Waals surface area contributed by atoms with Crippen LogP contribution in [0.25, 0.3) is 0 Å². The standard InChI is InChI=1S/C7H9N3O2S/c8-4-6(12)10-3(5(9)11)1-2-13-7(4)10/h1,4,7H,2,8H2,(H2,9,11)/t4?,7-/m1/s1. The van der Waals surface area contributed by atoms with Crippen LogP contribution in [0.15, 0.2) is 11.8 Å². The summed E-state index contributed by atoms with van der Waals surface area (Å²) in [6.45, 7) is 0. The Hall–Kier alpha value is -1.01. The lowest BCUT2D eigenvalue weighted by Gasteiger charge is -2.46. The molecule has 0 radical (unpaired) electrons. The molecular weight excluding hydrogens is 190 g/mol. The molecule has 1 unspecified atom stereocenters. The molecule has 6 heteroatoms. The van der Waals surface area contributed by atoms with Crippen molar-refractivity contribution in [2.24, 2.45) is 11.5 Å². The van der Waals surface area contributed by atoms with E-state index in [1.54, 1.807) is 17.8 Å². The van der Waals surface area contributed by atoms with E-state index in [1.165, 1.54) is 4.90 Å². The fourth-order valence-electron chi connectivity index (χ4n) is 1.46. The van der Waals surface area contributed by atoms with Gasteiger partial charge in [0.25, 0.3) is 5.91 Å². The molecule has 0 saturated carbocycles. The van der Waals surface area contributed by atoms with Crippen LogP contribution < -0.4 is 11.5 Å². The number of carbonyl (C=O) groups excluding carboxylic acids is 2. The summed E-state index contributed by atoms with van der Waals surface area (Å²) in [5, 5.41) is -0.0972. The average Bonchev–Trinajstić information content (AvgIpc) is 2.15. The van der Waals surface area contributed by atoms with Gasteiger partial charge < -0.3 is 11.5 Å². The van der Waals surface area contributed by atoms with Gasteiger partial charge in [-0.2, -0.15) is 0 Å². The Morgan fingerprint density at radius 2 is 2.38 bits per heavy atom. The quantitative estimate of drug-likeness (QED) is 0.508. The third kappa shape index (κ3) is 1.06. The topological polar surface area (TPSA) is 89.4 Å². The first-order valence-electron chi connectivity index (χ1n) is 3.83. The minimum atomic E-state index is -0.564. The predicted octanol–water partition coefficient (Wildman–Crippen LogP) is -1.40. The monoisotopic (exact) mass is 199 g/mol. The molecule has 2 atom stereocenters. The number of thioether (sulfide) groups is 1. The summed E-state index contributed by atoms with van der Waals surface area (Å²) in [7, 11) is 0. The summed E-state index contributed by atoms with van der Waals surface area (Å²) in [5.74, 6) is -0.103. The molecule has 2 amide bonds. The minimum Gasteiger partial charge on any atom is -0.364 e. The van der Waals surface area contributed by atoms with Crippen molar-refractivity contribution < 1.29 is 9.59 Å². The Labute approximate surface area is 79.1 Å². The van der Waals surface area contributed by atoms with Gasteiger partial charge in [0, 0.05) is 5.75 Å².